The van der Waals surface area contributed by atoms with Crippen LogP contribution in [-0.2, 0) is 19.1 Å². The number of benzene rings is 2. The molecule has 30 heavy (non-hydrogen) atoms. The SMILES string of the molecule is Cc1cc([N+](=O)[O-])ccc1NC(=O)COC(=O)CCN1C(=O)COc2ccccc21. The Morgan fingerprint density at radius 3 is 2.77 bits per heavy atom. The third-order valence-electron chi connectivity index (χ3n) is 4.41. The molecule has 1 N–H and O–H groups in total. The van der Waals surface area contributed by atoms with Crippen LogP contribution in [0, 0.1) is 17.0 Å². The monoisotopic (exact) mass is 413 g/mol. The lowest BCUT2D eigenvalue weighted by atomic mass is 10.2. The summed E-state index contributed by atoms with van der Waals surface area (Å²) in [6.07, 6.45) is -0.0933. The molecule has 0 aliphatic carbocycles. The third kappa shape index (κ3) is 4.90. The van der Waals surface area contributed by atoms with Crippen molar-refractivity contribution in [3.05, 3.63) is 58.1 Å². The van der Waals surface area contributed by atoms with Crippen LogP contribution in [0.3, 0.4) is 0 Å². The smallest absolute Gasteiger partial charge is 0.308 e. The highest BCUT2D eigenvalue weighted by Gasteiger charge is 2.25. The van der Waals surface area contributed by atoms with Gasteiger partial charge in [0.25, 0.3) is 17.5 Å². The fourth-order valence-corrected chi connectivity index (χ4v) is 2.91. The first-order valence-corrected chi connectivity index (χ1v) is 9.08. The molecule has 0 radical (unpaired) electrons. The molecule has 10 heteroatoms. The number of amides is 2. The lowest BCUT2D eigenvalue weighted by Gasteiger charge is -2.28. The molecule has 0 bridgehead atoms. The molecule has 1 aliphatic rings. The second-order valence-electron chi connectivity index (χ2n) is 6.52. The molecule has 2 amide bonds. The molecule has 0 saturated carbocycles. The molecule has 2 aromatic rings. The highest BCUT2D eigenvalue weighted by atomic mass is 16.6. The van der Waals surface area contributed by atoms with E-state index in [1.165, 1.54) is 23.1 Å². The number of rotatable bonds is 7. The summed E-state index contributed by atoms with van der Waals surface area (Å²) in [4.78, 5) is 47.8. The van der Waals surface area contributed by atoms with Gasteiger partial charge in [-0.25, -0.2) is 0 Å². The summed E-state index contributed by atoms with van der Waals surface area (Å²) in [5, 5.41) is 13.3. The standard InChI is InChI=1S/C20H19N3O7/c1-13-10-14(23(27)28)6-7-15(13)21-18(24)11-30-20(26)8-9-22-16-4-2-3-5-17(16)29-12-19(22)25/h2-7,10H,8-9,11-12H2,1H3,(H,21,24). The minimum atomic E-state index is -0.637. The number of nitro benzene ring substituents is 1. The summed E-state index contributed by atoms with van der Waals surface area (Å²) in [5.41, 5.74) is 1.38. The number of hydrogen-bond donors (Lipinski definition) is 1. The van der Waals surface area contributed by atoms with Crippen molar-refractivity contribution < 1.29 is 28.8 Å². The van der Waals surface area contributed by atoms with Gasteiger partial charge >= 0.3 is 5.97 Å². The number of anilines is 2. The van der Waals surface area contributed by atoms with Gasteiger partial charge in [0.2, 0.25) is 0 Å². The van der Waals surface area contributed by atoms with Crippen molar-refractivity contribution in [2.24, 2.45) is 0 Å². The Kier molecular flexibility index (Phi) is 6.26. The van der Waals surface area contributed by atoms with Gasteiger partial charge in [0, 0.05) is 24.4 Å². The lowest BCUT2D eigenvalue weighted by molar-refractivity contribution is -0.384. The average Bonchev–Trinajstić information content (AvgIpc) is 2.72. The van der Waals surface area contributed by atoms with E-state index in [4.69, 9.17) is 9.47 Å². The van der Waals surface area contributed by atoms with Crippen molar-refractivity contribution >= 4 is 34.8 Å². The summed E-state index contributed by atoms with van der Waals surface area (Å²) < 4.78 is 10.3. The Balaban J connectivity index is 1.49. The molecule has 0 saturated heterocycles. The van der Waals surface area contributed by atoms with E-state index < -0.39 is 23.4 Å². The molecule has 3 rings (SSSR count). The minimum Gasteiger partial charge on any atom is -0.482 e. The van der Waals surface area contributed by atoms with E-state index >= 15 is 0 Å². The summed E-state index contributed by atoms with van der Waals surface area (Å²) in [5.74, 6) is -0.924. The number of nitrogens with one attached hydrogen (secondary N) is 1. The number of hydrogen-bond acceptors (Lipinski definition) is 7. The predicted octanol–water partition coefficient (Wildman–Crippen LogP) is 2.20. The third-order valence-corrected chi connectivity index (χ3v) is 4.41. The number of non-ortho nitro benzene ring substituents is 1. The van der Waals surface area contributed by atoms with E-state index in [0.29, 0.717) is 22.7 Å². The van der Waals surface area contributed by atoms with Crippen molar-refractivity contribution in [1.82, 2.24) is 0 Å². The van der Waals surface area contributed by atoms with Crippen molar-refractivity contribution in [2.75, 3.05) is 30.0 Å². The molecule has 1 heterocycles. The van der Waals surface area contributed by atoms with Crippen LogP contribution in [0.15, 0.2) is 42.5 Å². The van der Waals surface area contributed by atoms with Gasteiger partial charge in [-0.1, -0.05) is 12.1 Å². The van der Waals surface area contributed by atoms with Gasteiger partial charge in [0.15, 0.2) is 13.2 Å². The van der Waals surface area contributed by atoms with Gasteiger partial charge in [-0.2, -0.15) is 0 Å². The van der Waals surface area contributed by atoms with Gasteiger partial charge in [-0.05, 0) is 30.7 Å². The Hall–Kier alpha value is -3.95. The molecule has 0 atom stereocenters. The van der Waals surface area contributed by atoms with E-state index in [1.54, 1.807) is 31.2 Å². The molecule has 0 fully saturated rings. The number of carbonyl (C=O) groups excluding carboxylic acids is 3. The van der Waals surface area contributed by atoms with E-state index in [2.05, 4.69) is 5.32 Å². The Morgan fingerprint density at radius 2 is 2.03 bits per heavy atom. The van der Waals surface area contributed by atoms with Gasteiger partial charge in [0.05, 0.1) is 17.0 Å². The number of carbonyl (C=O) groups is 3. The van der Waals surface area contributed by atoms with Gasteiger partial charge in [-0.3, -0.25) is 24.5 Å². The Bertz CT molecular complexity index is 1010. The van der Waals surface area contributed by atoms with Gasteiger partial charge < -0.3 is 19.7 Å². The number of nitrogens with zero attached hydrogens (tertiary/aromatic N) is 2. The second-order valence-corrected chi connectivity index (χ2v) is 6.52. The fourth-order valence-electron chi connectivity index (χ4n) is 2.91. The van der Waals surface area contributed by atoms with Crippen LogP contribution in [-0.4, -0.2) is 42.5 Å². The topological polar surface area (TPSA) is 128 Å². The van der Waals surface area contributed by atoms with Crippen LogP contribution in [0.5, 0.6) is 5.75 Å². The van der Waals surface area contributed by atoms with Crippen LogP contribution in [0.25, 0.3) is 0 Å². The molecular formula is C20H19N3O7. The maximum atomic E-state index is 12.1. The highest BCUT2D eigenvalue weighted by molar-refractivity contribution is 5.98. The molecule has 0 unspecified atom stereocenters. The maximum absolute atomic E-state index is 12.1. The predicted molar refractivity (Wildman–Crippen MR) is 106 cm³/mol. The minimum absolute atomic E-state index is 0.0869. The summed E-state index contributed by atoms with van der Waals surface area (Å²) >= 11 is 0. The molecule has 10 nitrogen and oxygen atoms in total. The normalized spacial score (nSPS) is 12.6. The van der Waals surface area contributed by atoms with E-state index in [1.807, 2.05) is 0 Å². The van der Waals surface area contributed by atoms with Crippen molar-refractivity contribution in [1.29, 1.82) is 0 Å². The lowest BCUT2D eigenvalue weighted by Crippen LogP contribution is -2.40. The maximum Gasteiger partial charge on any atom is 0.308 e. The van der Waals surface area contributed by atoms with E-state index in [9.17, 15) is 24.5 Å². The first-order chi connectivity index (χ1) is 14.3. The van der Waals surface area contributed by atoms with Crippen LogP contribution < -0.4 is 15.0 Å². The zero-order valence-electron chi connectivity index (χ0n) is 16.1. The Morgan fingerprint density at radius 1 is 1.27 bits per heavy atom. The van der Waals surface area contributed by atoms with Crippen molar-refractivity contribution in [2.45, 2.75) is 13.3 Å². The average molecular weight is 413 g/mol. The first-order valence-electron chi connectivity index (χ1n) is 9.08. The second kappa shape index (κ2) is 9.03. The molecule has 0 aromatic heterocycles. The van der Waals surface area contributed by atoms with E-state index in [-0.39, 0.29) is 31.2 Å². The highest BCUT2D eigenvalue weighted by Crippen LogP contribution is 2.31. The number of nitro groups is 1. The zero-order chi connectivity index (χ0) is 21.7. The molecular weight excluding hydrogens is 394 g/mol. The summed E-state index contributed by atoms with van der Waals surface area (Å²) in [6.45, 7) is 1.10. The number of para-hydroxylation sites is 2. The quantitative estimate of drug-likeness (QED) is 0.419. The first kappa shape index (κ1) is 20.8. The zero-order valence-corrected chi connectivity index (χ0v) is 16.1. The van der Waals surface area contributed by atoms with Gasteiger partial charge in [-0.15, -0.1) is 0 Å². The van der Waals surface area contributed by atoms with Crippen LogP contribution >= 0.6 is 0 Å². The molecule has 0 spiro atoms. The van der Waals surface area contributed by atoms with Crippen LogP contribution in [0.4, 0.5) is 17.1 Å². The molecule has 1 aliphatic heterocycles. The number of ether oxygens (including phenoxy) is 2. The molecule has 2 aromatic carbocycles. The number of esters is 1. The largest absolute Gasteiger partial charge is 0.482 e. The number of aryl methyl sites for hydroxylation is 1. The Labute approximate surface area is 171 Å². The van der Waals surface area contributed by atoms with Crippen LogP contribution in [0.2, 0.25) is 0 Å². The van der Waals surface area contributed by atoms with E-state index in [0.717, 1.165) is 0 Å². The fraction of sp³-hybridized carbons (Fsp3) is 0.250. The van der Waals surface area contributed by atoms with Gasteiger partial charge in [0.1, 0.15) is 5.75 Å². The van der Waals surface area contributed by atoms with Crippen molar-refractivity contribution in [3.8, 4) is 5.75 Å². The van der Waals surface area contributed by atoms with Crippen molar-refractivity contribution in [3.63, 3.8) is 0 Å². The summed E-state index contributed by atoms with van der Waals surface area (Å²) in [7, 11) is 0. The number of fused-ring (bicyclic) bond motifs is 1. The summed E-state index contributed by atoms with van der Waals surface area (Å²) in [6, 6.07) is 11.0. The molecule has 156 valence electrons. The van der Waals surface area contributed by atoms with Crippen LogP contribution in [0.1, 0.15) is 12.0 Å².